The Kier molecular flexibility index (Phi) is 3.92. The normalized spacial score (nSPS) is 17.4. The zero-order valence-corrected chi connectivity index (χ0v) is 11.1. The molecule has 0 bridgehead atoms. The molecule has 1 aliphatic rings. The fraction of sp³-hybridized carbons (Fsp3) is 0.538. The Bertz CT molecular complexity index is 414. The molecule has 0 aromatic heterocycles. The van der Waals surface area contributed by atoms with Crippen LogP contribution < -0.4 is 5.32 Å². The monoisotopic (exact) mass is 254 g/mol. The number of nitrogens with one attached hydrogen (secondary N) is 1. The van der Waals surface area contributed by atoms with Gasteiger partial charge >= 0.3 is 0 Å². The van der Waals surface area contributed by atoms with Gasteiger partial charge in [0.2, 0.25) is 0 Å². The summed E-state index contributed by atoms with van der Waals surface area (Å²) in [5.74, 6) is 0.375. The van der Waals surface area contributed by atoms with E-state index in [0.29, 0.717) is 5.75 Å². The first-order chi connectivity index (χ1) is 8.09. The first kappa shape index (κ1) is 12.7. The summed E-state index contributed by atoms with van der Waals surface area (Å²) in [6, 6.07) is 1.85. The highest BCUT2D eigenvalue weighted by Gasteiger charge is 2.16. The highest BCUT2D eigenvalue weighted by molar-refractivity contribution is 6.31. The van der Waals surface area contributed by atoms with Crippen molar-refractivity contribution in [2.45, 2.75) is 20.4 Å². The van der Waals surface area contributed by atoms with E-state index in [1.54, 1.807) is 0 Å². The smallest absolute Gasteiger partial charge is 0.121 e. The molecular weight excluding hydrogens is 236 g/mol. The largest absolute Gasteiger partial charge is 0.507 e. The van der Waals surface area contributed by atoms with Crippen molar-refractivity contribution in [2.75, 3.05) is 26.2 Å². The molecule has 0 saturated carbocycles. The van der Waals surface area contributed by atoms with Gasteiger partial charge in [-0.1, -0.05) is 11.6 Å². The Morgan fingerprint density at radius 2 is 2.00 bits per heavy atom. The summed E-state index contributed by atoms with van der Waals surface area (Å²) in [5, 5.41) is 14.0. The molecule has 1 aromatic carbocycles. The van der Waals surface area contributed by atoms with Crippen molar-refractivity contribution in [2.24, 2.45) is 0 Å². The third kappa shape index (κ3) is 2.73. The lowest BCUT2D eigenvalue weighted by atomic mass is 10.0. The first-order valence-electron chi connectivity index (χ1n) is 6.00. The number of halogens is 1. The average molecular weight is 255 g/mol. The fourth-order valence-corrected chi connectivity index (χ4v) is 2.62. The highest BCUT2D eigenvalue weighted by atomic mass is 35.5. The van der Waals surface area contributed by atoms with E-state index in [1.807, 2.05) is 19.9 Å². The molecule has 17 heavy (non-hydrogen) atoms. The van der Waals surface area contributed by atoms with Crippen LogP contribution in [0.2, 0.25) is 5.02 Å². The lowest BCUT2D eigenvalue weighted by molar-refractivity contribution is 0.232. The molecule has 0 aliphatic carbocycles. The molecule has 4 heteroatoms. The van der Waals surface area contributed by atoms with Crippen LogP contribution in [0.1, 0.15) is 16.7 Å². The molecule has 1 fully saturated rings. The van der Waals surface area contributed by atoms with Crippen LogP contribution in [-0.2, 0) is 6.54 Å². The van der Waals surface area contributed by atoms with Crippen LogP contribution >= 0.6 is 11.6 Å². The van der Waals surface area contributed by atoms with Gasteiger partial charge in [0.05, 0.1) is 0 Å². The number of aromatic hydroxyl groups is 1. The molecule has 2 N–H and O–H groups in total. The quantitative estimate of drug-likeness (QED) is 0.848. The van der Waals surface area contributed by atoms with Gasteiger partial charge in [-0.25, -0.2) is 0 Å². The van der Waals surface area contributed by atoms with E-state index in [9.17, 15) is 5.11 Å². The van der Waals surface area contributed by atoms with Gasteiger partial charge in [0.1, 0.15) is 5.75 Å². The average Bonchev–Trinajstić information content (AvgIpc) is 2.33. The van der Waals surface area contributed by atoms with Crippen LogP contribution in [0.5, 0.6) is 5.75 Å². The molecule has 0 radical (unpaired) electrons. The Morgan fingerprint density at radius 1 is 1.35 bits per heavy atom. The summed E-state index contributed by atoms with van der Waals surface area (Å²) in [6.45, 7) is 8.74. The fourth-order valence-electron chi connectivity index (χ4n) is 2.25. The van der Waals surface area contributed by atoms with Gasteiger partial charge in [0.15, 0.2) is 0 Å². The van der Waals surface area contributed by atoms with Crippen molar-refractivity contribution in [1.29, 1.82) is 0 Å². The zero-order chi connectivity index (χ0) is 12.4. The molecule has 2 rings (SSSR count). The van der Waals surface area contributed by atoms with Gasteiger partial charge in [-0.15, -0.1) is 0 Å². The number of phenolic OH excluding ortho intramolecular Hbond substituents is 1. The van der Waals surface area contributed by atoms with Crippen molar-refractivity contribution in [3.63, 3.8) is 0 Å². The molecule has 0 unspecified atom stereocenters. The second kappa shape index (κ2) is 5.25. The van der Waals surface area contributed by atoms with Crippen LogP contribution in [0.25, 0.3) is 0 Å². The maximum atomic E-state index is 9.95. The van der Waals surface area contributed by atoms with Crippen molar-refractivity contribution in [3.05, 3.63) is 27.8 Å². The molecule has 1 aliphatic heterocycles. The molecule has 1 heterocycles. The number of phenols is 1. The minimum Gasteiger partial charge on any atom is -0.507 e. The summed E-state index contributed by atoms with van der Waals surface area (Å²) in [4.78, 5) is 2.36. The first-order valence-corrected chi connectivity index (χ1v) is 6.38. The number of benzene rings is 1. The van der Waals surface area contributed by atoms with E-state index < -0.39 is 0 Å². The summed E-state index contributed by atoms with van der Waals surface area (Å²) < 4.78 is 0. The SMILES string of the molecule is Cc1cc(Cl)c(CN2CCNCC2)c(C)c1O. The molecular formula is C13H19ClN2O. The minimum atomic E-state index is 0.375. The highest BCUT2D eigenvalue weighted by Crippen LogP contribution is 2.31. The molecule has 1 aromatic rings. The Morgan fingerprint density at radius 3 is 2.65 bits per heavy atom. The van der Waals surface area contributed by atoms with Crippen LogP contribution in [0.15, 0.2) is 6.07 Å². The Hall–Kier alpha value is -0.770. The van der Waals surface area contributed by atoms with E-state index in [-0.39, 0.29) is 0 Å². The number of hydrogen-bond acceptors (Lipinski definition) is 3. The number of hydrogen-bond donors (Lipinski definition) is 2. The van der Waals surface area contributed by atoms with Crippen molar-refractivity contribution >= 4 is 11.6 Å². The zero-order valence-electron chi connectivity index (χ0n) is 10.4. The third-order valence-corrected chi connectivity index (χ3v) is 3.74. The topological polar surface area (TPSA) is 35.5 Å². The van der Waals surface area contributed by atoms with Crippen molar-refractivity contribution in [1.82, 2.24) is 10.2 Å². The van der Waals surface area contributed by atoms with Gasteiger partial charge in [-0.2, -0.15) is 0 Å². The predicted octanol–water partition coefficient (Wildman–Crippen LogP) is 2.07. The number of aryl methyl sites for hydroxylation is 1. The standard InChI is InChI=1S/C13H19ClN2O/c1-9-7-12(14)11(10(2)13(9)17)8-16-5-3-15-4-6-16/h7,15,17H,3-6,8H2,1-2H3. The van der Waals surface area contributed by atoms with Gasteiger partial charge in [0, 0.05) is 37.7 Å². The molecule has 0 amide bonds. The third-order valence-electron chi connectivity index (χ3n) is 3.40. The summed E-state index contributed by atoms with van der Waals surface area (Å²) in [7, 11) is 0. The Balaban J connectivity index is 2.22. The lowest BCUT2D eigenvalue weighted by Crippen LogP contribution is -2.43. The van der Waals surface area contributed by atoms with E-state index in [0.717, 1.165) is 54.4 Å². The minimum absolute atomic E-state index is 0.375. The summed E-state index contributed by atoms with van der Waals surface area (Å²) in [6.07, 6.45) is 0. The lowest BCUT2D eigenvalue weighted by Gasteiger charge is -2.28. The molecule has 0 spiro atoms. The van der Waals surface area contributed by atoms with Gasteiger partial charge in [0.25, 0.3) is 0 Å². The molecule has 94 valence electrons. The van der Waals surface area contributed by atoms with E-state index in [2.05, 4.69) is 10.2 Å². The number of nitrogens with zero attached hydrogens (tertiary/aromatic N) is 1. The number of rotatable bonds is 2. The second-order valence-corrected chi connectivity index (χ2v) is 5.06. The van der Waals surface area contributed by atoms with Crippen molar-refractivity contribution < 1.29 is 5.11 Å². The maximum absolute atomic E-state index is 9.95. The van der Waals surface area contributed by atoms with Crippen molar-refractivity contribution in [3.8, 4) is 5.75 Å². The van der Waals surface area contributed by atoms with E-state index >= 15 is 0 Å². The van der Waals surface area contributed by atoms with E-state index in [1.165, 1.54) is 0 Å². The molecule has 0 atom stereocenters. The summed E-state index contributed by atoms with van der Waals surface area (Å²) in [5.41, 5.74) is 2.81. The van der Waals surface area contributed by atoms with Crippen LogP contribution in [0.4, 0.5) is 0 Å². The molecule has 1 saturated heterocycles. The van der Waals surface area contributed by atoms with E-state index in [4.69, 9.17) is 11.6 Å². The predicted molar refractivity (Wildman–Crippen MR) is 70.7 cm³/mol. The maximum Gasteiger partial charge on any atom is 0.121 e. The second-order valence-electron chi connectivity index (χ2n) is 4.65. The van der Waals surface area contributed by atoms with Crippen LogP contribution in [0.3, 0.4) is 0 Å². The van der Waals surface area contributed by atoms with Gasteiger partial charge in [-0.05, 0) is 36.6 Å². The molecule has 3 nitrogen and oxygen atoms in total. The number of piperazine rings is 1. The summed E-state index contributed by atoms with van der Waals surface area (Å²) >= 11 is 6.27. The van der Waals surface area contributed by atoms with Gasteiger partial charge < -0.3 is 10.4 Å². The van der Waals surface area contributed by atoms with Crippen LogP contribution in [0, 0.1) is 13.8 Å². The van der Waals surface area contributed by atoms with Gasteiger partial charge in [-0.3, -0.25) is 4.90 Å². The Labute approximate surface area is 107 Å². The van der Waals surface area contributed by atoms with Crippen LogP contribution in [-0.4, -0.2) is 36.2 Å².